The summed E-state index contributed by atoms with van der Waals surface area (Å²) in [7, 11) is 0. The van der Waals surface area contributed by atoms with Gasteiger partial charge >= 0.3 is 0 Å². The maximum absolute atomic E-state index is 2.60. The monoisotopic (exact) mass is 228 g/mol. The molecule has 0 saturated heterocycles. The van der Waals surface area contributed by atoms with E-state index >= 15 is 0 Å². The van der Waals surface area contributed by atoms with E-state index in [9.17, 15) is 0 Å². The molecule has 2 unspecified atom stereocenters. The molecule has 2 atom stereocenters. The Labute approximate surface area is 103 Å². The first-order valence-electron chi connectivity index (χ1n) is 7.12. The Balaban J connectivity index is 4.29. The van der Waals surface area contributed by atoms with Crippen LogP contribution in [0, 0.1) is 0 Å². The Hall–Kier alpha value is -0.0800. The van der Waals surface area contributed by atoms with E-state index in [1.807, 2.05) is 0 Å². The molecule has 0 heterocycles. The van der Waals surface area contributed by atoms with E-state index < -0.39 is 0 Å². The van der Waals surface area contributed by atoms with Gasteiger partial charge in [-0.25, -0.2) is 0 Å². The summed E-state index contributed by atoms with van der Waals surface area (Å²) in [4.78, 5) is 5.16. The van der Waals surface area contributed by atoms with Gasteiger partial charge in [0.05, 0.1) is 0 Å². The summed E-state index contributed by atoms with van der Waals surface area (Å²) < 4.78 is 0. The van der Waals surface area contributed by atoms with Crippen molar-refractivity contribution >= 4 is 0 Å². The largest absolute Gasteiger partial charge is 0.301 e. The second kappa shape index (κ2) is 9.00. The summed E-state index contributed by atoms with van der Waals surface area (Å²) in [6.45, 7) is 18.5. The molecule has 0 radical (unpaired) electrons. The summed E-state index contributed by atoms with van der Waals surface area (Å²) >= 11 is 0. The third-order valence-corrected chi connectivity index (χ3v) is 3.85. The average molecular weight is 228 g/mol. The average Bonchev–Trinajstić information content (AvgIpc) is 2.30. The van der Waals surface area contributed by atoms with Crippen molar-refractivity contribution in [1.29, 1.82) is 0 Å². The van der Waals surface area contributed by atoms with Crippen LogP contribution in [0.2, 0.25) is 0 Å². The molecule has 0 spiro atoms. The molecule has 0 aromatic heterocycles. The number of hydrogen-bond donors (Lipinski definition) is 0. The predicted molar refractivity (Wildman–Crippen MR) is 74.0 cm³/mol. The van der Waals surface area contributed by atoms with Crippen LogP contribution in [-0.2, 0) is 0 Å². The highest BCUT2D eigenvalue weighted by Gasteiger charge is 2.19. The highest BCUT2D eigenvalue weighted by molar-refractivity contribution is 4.76. The Morgan fingerprint density at radius 1 is 0.750 bits per heavy atom. The van der Waals surface area contributed by atoms with Gasteiger partial charge in [-0.3, -0.25) is 0 Å². The second-order valence-electron chi connectivity index (χ2n) is 4.59. The van der Waals surface area contributed by atoms with Gasteiger partial charge in [0.15, 0.2) is 0 Å². The predicted octanol–water partition coefficient (Wildman–Crippen LogP) is 3.23. The van der Waals surface area contributed by atoms with Gasteiger partial charge in [-0.15, -0.1) is 0 Å². The second-order valence-corrected chi connectivity index (χ2v) is 4.59. The van der Waals surface area contributed by atoms with Gasteiger partial charge < -0.3 is 9.80 Å². The zero-order valence-electron chi connectivity index (χ0n) is 12.3. The van der Waals surface area contributed by atoms with Crippen molar-refractivity contribution in [2.24, 2.45) is 0 Å². The molecule has 0 N–H and O–H groups in total. The summed E-state index contributed by atoms with van der Waals surface area (Å²) in [5.74, 6) is 0. The van der Waals surface area contributed by atoms with E-state index in [4.69, 9.17) is 0 Å². The zero-order valence-corrected chi connectivity index (χ0v) is 12.3. The Morgan fingerprint density at radius 2 is 1.19 bits per heavy atom. The third-order valence-electron chi connectivity index (χ3n) is 3.85. The van der Waals surface area contributed by atoms with Gasteiger partial charge in [0, 0.05) is 12.1 Å². The molecule has 16 heavy (non-hydrogen) atoms. The Bertz CT molecular complexity index is 151. The van der Waals surface area contributed by atoms with Crippen molar-refractivity contribution in [3.8, 4) is 0 Å². The van der Waals surface area contributed by atoms with Crippen molar-refractivity contribution in [3.05, 3.63) is 0 Å². The molecule has 2 heteroatoms. The van der Waals surface area contributed by atoms with Crippen LogP contribution < -0.4 is 0 Å². The Morgan fingerprint density at radius 3 is 1.50 bits per heavy atom. The van der Waals surface area contributed by atoms with E-state index in [2.05, 4.69) is 51.3 Å². The number of hydrogen-bond acceptors (Lipinski definition) is 2. The van der Waals surface area contributed by atoms with Crippen LogP contribution in [0.3, 0.4) is 0 Å². The van der Waals surface area contributed by atoms with Crippen molar-refractivity contribution in [1.82, 2.24) is 9.80 Å². The maximum atomic E-state index is 2.60. The third kappa shape index (κ3) is 4.84. The zero-order chi connectivity index (χ0) is 12.6. The SMILES string of the molecule is CCC(CC(C)N(CC)CC)N(CC)CC. The molecule has 0 amide bonds. The van der Waals surface area contributed by atoms with Crippen LogP contribution in [0.15, 0.2) is 0 Å². The van der Waals surface area contributed by atoms with E-state index in [1.165, 1.54) is 39.0 Å². The molecule has 0 aromatic rings. The van der Waals surface area contributed by atoms with Crippen molar-refractivity contribution in [2.45, 2.75) is 66.5 Å². The lowest BCUT2D eigenvalue weighted by molar-refractivity contribution is 0.141. The van der Waals surface area contributed by atoms with E-state index in [-0.39, 0.29) is 0 Å². The first-order chi connectivity index (χ1) is 7.64. The first-order valence-corrected chi connectivity index (χ1v) is 7.12. The lowest BCUT2D eigenvalue weighted by Crippen LogP contribution is -2.41. The molecular weight excluding hydrogens is 196 g/mol. The van der Waals surface area contributed by atoms with Gasteiger partial charge in [0.2, 0.25) is 0 Å². The van der Waals surface area contributed by atoms with Crippen LogP contribution in [-0.4, -0.2) is 48.1 Å². The number of rotatable bonds is 9. The highest BCUT2D eigenvalue weighted by atomic mass is 15.2. The molecule has 0 aliphatic rings. The van der Waals surface area contributed by atoms with E-state index in [0.717, 1.165) is 6.04 Å². The minimum absolute atomic E-state index is 0.709. The molecule has 0 rings (SSSR count). The summed E-state index contributed by atoms with van der Waals surface area (Å²) in [6.07, 6.45) is 2.58. The van der Waals surface area contributed by atoms with Crippen LogP contribution in [0.1, 0.15) is 54.4 Å². The van der Waals surface area contributed by atoms with Gasteiger partial charge in [-0.1, -0.05) is 34.6 Å². The van der Waals surface area contributed by atoms with Crippen LogP contribution in [0.4, 0.5) is 0 Å². The standard InChI is InChI=1S/C14H32N2/c1-7-14(16(10-4)11-5)12-13(6)15(8-2)9-3/h13-14H,7-12H2,1-6H3. The van der Waals surface area contributed by atoms with Gasteiger partial charge in [-0.2, -0.15) is 0 Å². The Kier molecular flexibility index (Phi) is 8.96. The quantitative estimate of drug-likeness (QED) is 0.598. The molecule has 98 valence electrons. The minimum atomic E-state index is 0.709. The van der Waals surface area contributed by atoms with Crippen molar-refractivity contribution in [2.75, 3.05) is 26.2 Å². The lowest BCUT2D eigenvalue weighted by Gasteiger charge is -2.34. The lowest BCUT2D eigenvalue weighted by atomic mass is 10.0. The molecule has 0 fully saturated rings. The first kappa shape index (κ1) is 15.9. The summed E-state index contributed by atoms with van der Waals surface area (Å²) in [5.41, 5.74) is 0. The molecule has 0 bridgehead atoms. The summed E-state index contributed by atoms with van der Waals surface area (Å²) in [6, 6.07) is 1.46. The highest BCUT2D eigenvalue weighted by Crippen LogP contribution is 2.14. The normalized spacial score (nSPS) is 15.8. The molecular formula is C14H32N2. The molecule has 0 aliphatic heterocycles. The fourth-order valence-electron chi connectivity index (χ4n) is 2.70. The van der Waals surface area contributed by atoms with Crippen LogP contribution in [0.25, 0.3) is 0 Å². The molecule has 2 nitrogen and oxygen atoms in total. The van der Waals surface area contributed by atoms with E-state index in [1.54, 1.807) is 0 Å². The summed E-state index contributed by atoms with van der Waals surface area (Å²) in [5, 5.41) is 0. The van der Waals surface area contributed by atoms with Gasteiger partial charge in [-0.05, 0) is 45.9 Å². The maximum Gasteiger partial charge on any atom is 0.0107 e. The molecule has 0 aromatic carbocycles. The molecule has 0 aliphatic carbocycles. The van der Waals surface area contributed by atoms with Gasteiger partial charge in [0.25, 0.3) is 0 Å². The van der Waals surface area contributed by atoms with Crippen LogP contribution in [0.5, 0.6) is 0 Å². The van der Waals surface area contributed by atoms with Crippen molar-refractivity contribution in [3.63, 3.8) is 0 Å². The fraction of sp³-hybridized carbons (Fsp3) is 1.00. The van der Waals surface area contributed by atoms with E-state index in [0.29, 0.717) is 6.04 Å². The van der Waals surface area contributed by atoms with Crippen molar-refractivity contribution < 1.29 is 0 Å². The van der Waals surface area contributed by atoms with Gasteiger partial charge in [0.1, 0.15) is 0 Å². The number of nitrogens with zero attached hydrogens (tertiary/aromatic N) is 2. The fourth-order valence-corrected chi connectivity index (χ4v) is 2.70. The smallest absolute Gasteiger partial charge is 0.0107 e. The topological polar surface area (TPSA) is 6.48 Å². The molecule has 0 saturated carbocycles. The minimum Gasteiger partial charge on any atom is -0.301 e. The van der Waals surface area contributed by atoms with Crippen LogP contribution >= 0.6 is 0 Å².